The molecule has 17 heavy (non-hydrogen) atoms. The highest BCUT2D eigenvalue weighted by Crippen LogP contribution is 2.30. The van der Waals surface area contributed by atoms with Gasteiger partial charge in [-0.1, -0.05) is 30.5 Å². The molecule has 0 spiro atoms. The van der Waals surface area contributed by atoms with Gasteiger partial charge in [-0.05, 0) is 38.3 Å². The van der Waals surface area contributed by atoms with Crippen LogP contribution in [0.25, 0.3) is 0 Å². The van der Waals surface area contributed by atoms with E-state index in [4.69, 9.17) is 5.73 Å². The molecule has 0 bridgehead atoms. The maximum absolute atomic E-state index is 6.38. The van der Waals surface area contributed by atoms with E-state index in [0.717, 1.165) is 13.0 Å². The lowest BCUT2D eigenvalue weighted by Gasteiger charge is -2.28. The van der Waals surface area contributed by atoms with Gasteiger partial charge < -0.3 is 10.6 Å². The van der Waals surface area contributed by atoms with Crippen molar-refractivity contribution < 1.29 is 0 Å². The van der Waals surface area contributed by atoms with E-state index < -0.39 is 0 Å². The molecular formula is C15H24N2. The van der Waals surface area contributed by atoms with E-state index >= 15 is 0 Å². The Kier molecular flexibility index (Phi) is 3.72. The van der Waals surface area contributed by atoms with E-state index in [1.165, 1.54) is 36.9 Å². The second-order valence-corrected chi connectivity index (χ2v) is 5.58. The van der Waals surface area contributed by atoms with Gasteiger partial charge in [-0.2, -0.15) is 0 Å². The van der Waals surface area contributed by atoms with Crippen LogP contribution in [-0.4, -0.2) is 19.1 Å². The fraction of sp³-hybridized carbons (Fsp3) is 0.600. The Balaban J connectivity index is 1.88. The van der Waals surface area contributed by atoms with Crippen molar-refractivity contribution in [1.82, 2.24) is 0 Å². The molecule has 1 aliphatic rings. The summed E-state index contributed by atoms with van der Waals surface area (Å²) in [5, 5.41) is 0. The van der Waals surface area contributed by atoms with Crippen molar-refractivity contribution in [3.05, 3.63) is 29.8 Å². The summed E-state index contributed by atoms with van der Waals surface area (Å²) in [4.78, 5) is 2.31. The van der Waals surface area contributed by atoms with Crippen LogP contribution in [0.1, 0.15) is 37.7 Å². The molecule has 1 aromatic carbocycles. The van der Waals surface area contributed by atoms with Crippen LogP contribution in [-0.2, 0) is 0 Å². The van der Waals surface area contributed by atoms with E-state index in [0.29, 0.717) is 0 Å². The third-order valence-corrected chi connectivity index (χ3v) is 4.02. The van der Waals surface area contributed by atoms with Crippen LogP contribution < -0.4 is 10.6 Å². The van der Waals surface area contributed by atoms with E-state index in [2.05, 4.69) is 43.1 Å². The molecule has 0 saturated heterocycles. The van der Waals surface area contributed by atoms with Gasteiger partial charge in [-0.3, -0.25) is 0 Å². The highest BCUT2D eigenvalue weighted by atomic mass is 15.1. The Bertz CT molecular complexity index is 350. The molecule has 0 radical (unpaired) electrons. The summed E-state index contributed by atoms with van der Waals surface area (Å²) in [6.07, 6.45) is 6.14. The van der Waals surface area contributed by atoms with Crippen LogP contribution in [0.15, 0.2) is 24.3 Å². The van der Waals surface area contributed by atoms with Crippen molar-refractivity contribution >= 4 is 5.69 Å². The molecule has 0 atom stereocenters. The van der Waals surface area contributed by atoms with Crippen LogP contribution in [0.4, 0.5) is 5.69 Å². The van der Waals surface area contributed by atoms with Crippen molar-refractivity contribution in [2.24, 2.45) is 5.73 Å². The lowest BCUT2D eigenvalue weighted by Crippen LogP contribution is -2.39. The Morgan fingerprint density at radius 1 is 1.18 bits per heavy atom. The number of hydrogen-bond donors (Lipinski definition) is 1. The second-order valence-electron chi connectivity index (χ2n) is 5.58. The molecular weight excluding hydrogens is 208 g/mol. The molecule has 0 heterocycles. The Labute approximate surface area is 105 Å². The molecule has 94 valence electrons. The monoisotopic (exact) mass is 232 g/mol. The summed E-state index contributed by atoms with van der Waals surface area (Å²) >= 11 is 0. The van der Waals surface area contributed by atoms with E-state index in [-0.39, 0.29) is 5.54 Å². The zero-order chi connectivity index (χ0) is 12.3. The van der Waals surface area contributed by atoms with Gasteiger partial charge in [-0.25, -0.2) is 0 Å². The van der Waals surface area contributed by atoms with Crippen LogP contribution in [0.3, 0.4) is 0 Å². The number of benzene rings is 1. The topological polar surface area (TPSA) is 29.3 Å². The lowest BCUT2D eigenvalue weighted by molar-refractivity contribution is 0.409. The maximum Gasteiger partial charge on any atom is 0.0363 e. The fourth-order valence-corrected chi connectivity index (χ4v) is 2.65. The number of anilines is 1. The highest BCUT2D eigenvalue weighted by Gasteiger charge is 2.28. The summed E-state index contributed by atoms with van der Waals surface area (Å²) in [6, 6.07) is 8.71. The van der Waals surface area contributed by atoms with Crippen molar-refractivity contribution in [3.8, 4) is 0 Å². The van der Waals surface area contributed by atoms with Gasteiger partial charge in [0.15, 0.2) is 0 Å². The molecule has 2 rings (SSSR count). The third-order valence-electron chi connectivity index (χ3n) is 4.02. The first-order valence-corrected chi connectivity index (χ1v) is 6.66. The number of nitrogens with two attached hydrogens (primary N) is 1. The summed E-state index contributed by atoms with van der Waals surface area (Å²) in [6.45, 7) is 3.18. The molecule has 1 aliphatic carbocycles. The fourth-order valence-electron chi connectivity index (χ4n) is 2.65. The van der Waals surface area contributed by atoms with Gasteiger partial charge >= 0.3 is 0 Å². The van der Waals surface area contributed by atoms with Crippen LogP contribution in [0.2, 0.25) is 0 Å². The smallest absolute Gasteiger partial charge is 0.0363 e. The average Bonchev–Trinajstić information content (AvgIpc) is 2.75. The summed E-state index contributed by atoms with van der Waals surface area (Å²) in [5.41, 5.74) is 9.10. The van der Waals surface area contributed by atoms with Crippen molar-refractivity contribution in [3.63, 3.8) is 0 Å². The number of rotatable bonds is 4. The molecule has 2 N–H and O–H groups in total. The quantitative estimate of drug-likeness (QED) is 0.864. The van der Waals surface area contributed by atoms with Crippen molar-refractivity contribution in [2.75, 3.05) is 18.5 Å². The van der Waals surface area contributed by atoms with E-state index in [1.54, 1.807) is 0 Å². The number of aryl methyl sites for hydroxylation is 1. The minimum Gasteiger partial charge on any atom is -0.375 e. The number of nitrogens with zero attached hydrogens (tertiary/aromatic N) is 1. The second kappa shape index (κ2) is 5.09. The van der Waals surface area contributed by atoms with Gasteiger partial charge in [0.05, 0.1) is 0 Å². The molecule has 0 unspecified atom stereocenters. The van der Waals surface area contributed by atoms with Gasteiger partial charge in [0.1, 0.15) is 0 Å². The van der Waals surface area contributed by atoms with Crippen LogP contribution in [0.5, 0.6) is 0 Å². The lowest BCUT2D eigenvalue weighted by atomic mass is 9.94. The van der Waals surface area contributed by atoms with E-state index in [9.17, 15) is 0 Å². The minimum absolute atomic E-state index is 0.110. The van der Waals surface area contributed by atoms with Gasteiger partial charge in [0, 0.05) is 24.8 Å². The van der Waals surface area contributed by atoms with E-state index in [1.807, 2.05) is 0 Å². The SMILES string of the molecule is Cc1ccc(N(C)CCC2(N)CCCC2)cc1. The van der Waals surface area contributed by atoms with Crippen molar-refractivity contribution in [2.45, 2.75) is 44.6 Å². The first kappa shape index (κ1) is 12.4. The predicted molar refractivity (Wildman–Crippen MR) is 74.5 cm³/mol. The van der Waals surface area contributed by atoms with Gasteiger partial charge in [-0.15, -0.1) is 0 Å². The Morgan fingerprint density at radius 3 is 2.35 bits per heavy atom. The van der Waals surface area contributed by atoms with Crippen molar-refractivity contribution in [1.29, 1.82) is 0 Å². The molecule has 2 nitrogen and oxygen atoms in total. The molecule has 2 heteroatoms. The first-order chi connectivity index (χ1) is 8.09. The average molecular weight is 232 g/mol. The van der Waals surface area contributed by atoms with Gasteiger partial charge in [0.25, 0.3) is 0 Å². The van der Waals surface area contributed by atoms with Gasteiger partial charge in [0.2, 0.25) is 0 Å². The summed E-state index contributed by atoms with van der Waals surface area (Å²) in [5.74, 6) is 0. The number of hydrogen-bond acceptors (Lipinski definition) is 2. The maximum atomic E-state index is 6.38. The zero-order valence-corrected chi connectivity index (χ0v) is 11.1. The highest BCUT2D eigenvalue weighted by molar-refractivity contribution is 5.46. The molecule has 1 saturated carbocycles. The minimum atomic E-state index is 0.110. The Morgan fingerprint density at radius 2 is 1.76 bits per heavy atom. The van der Waals surface area contributed by atoms with Crippen LogP contribution in [0, 0.1) is 6.92 Å². The molecule has 1 fully saturated rings. The third kappa shape index (κ3) is 3.22. The Hall–Kier alpha value is -1.02. The zero-order valence-electron chi connectivity index (χ0n) is 11.1. The van der Waals surface area contributed by atoms with Crippen LogP contribution >= 0.6 is 0 Å². The normalized spacial score (nSPS) is 18.3. The summed E-state index contributed by atoms with van der Waals surface area (Å²) < 4.78 is 0. The summed E-state index contributed by atoms with van der Waals surface area (Å²) in [7, 11) is 2.16. The molecule has 1 aromatic rings. The molecule has 0 amide bonds. The predicted octanol–water partition coefficient (Wildman–Crippen LogP) is 3.09. The molecule has 0 aliphatic heterocycles. The molecule has 0 aromatic heterocycles. The first-order valence-electron chi connectivity index (χ1n) is 6.66. The standard InChI is InChI=1S/C15H24N2/c1-13-5-7-14(8-6-13)17(2)12-11-15(16)9-3-4-10-15/h5-8H,3-4,9-12,16H2,1-2H3. The largest absolute Gasteiger partial charge is 0.375 e.